The molecule has 4 rings (SSSR count). The van der Waals surface area contributed by atoms with Crippen LogP contribution in [0.5, 0.6) is 0 Å². The minimum atomic E-state index is -0.243. The molecular formula is C20H18FN3OS2. The van der Waals surface area contributed by atoms with Crippen LogP contribution >= 0.6 is 22.7 Å². The zero-order valence-corrected chi connectivity index (χ0v) is 16.6. The van der Waals surface area contributed by atoms with Gasteiger partial charge in [0.15, 0.2) is 0 Å². The lowest BCUT2D eigenvalue weighted by Gasteiger charge is -2.16. The highest BCUT2D eigenvalue weighted by atomic mass is 32.1. The number of hydrogen-bond donors (Lipinski definition) is 1. The van der Waals surface area contributed by atoms with Gasteiger partial charge in [-0.25, -0.2) is 9.37 Å². The molecule has 3 aromatic heterocycles. The first-order valence-corrected chi connectivity index (χ1v) is 10.2. The second kappa shape index (κ2) is 7.34. The van der Waals surface area contributed by atoms with E-state index in [2.05, 4.69) is 23.0 Å². The van der Waals surface area contributed by atoms with E-state index in [1.54, 1.807) is 23.5 Å². The van der Waals surface area contributed by atoms with Crippen LogP contribution in [0.4, 0.5) is 4.39 Å². The van der Waals surface area contributed by atoms with Crippen molar-refractivity contribution in [2.24, 2.45) is 0 Å². The van der Waals surface area contributed by atoms with Gasteiger partial charge in [0.25, 0.3) is 5.56 Å². The summed E-state index contributed by atoms with van der Waals surface area (Å²) in [6.07, 6.45) is 0. The van der Waals surface area contributed by atoms with Crippen LogP contribution in [0.1, 0.15) is 16.3 Å². The fraction of sp³-hybridized carbons (Fsp3) is 0.200. The van der Waals surface area contributed by atoms with Gasteiger partial charge in [0.1, 0.15) is 16.5 Å². The molecule has 0 bridgehead atoms. The molecule has 4 nitrogen and oxygen atoms in total. The first-order chi connectivity index (χ1) is 13.0. The van der Waals surface area contributed by atoms with Crippen LogP contribution in [0, 0.1) is 12.7 Å². The van der Waals surface area contributed by atoms with Crippen molar-refractivity contribution in [1.82, 2.24) is 14.9 Å². The van der Waals surface area contributed by atoms with Gasteiger partial charge in [0.2, 0.25) is 0 Å². The maximum atomic E-state index is 13.0. The molecule has 0 atom stereocenters. The Balaban J connectivity index is 1.58. The first-order valence-electron chi connectivity index (χ1n) is 8.50. The van der Waals surface area contributed by atoms with E-state index in [1.807, 2.05) is 23.4 Å². The van der Waals surface area contributed by atoms with Crippen molar-refractivity contribution in [2.45, 2.75) is 20.0 Å². The maximum absolute atomic E-state index is 13.0. The molecule has 138 valence electrons. The number of benzene rings is 1. The number of nitrogens with one attached hydrogen (secondary N) is 1. The number of rotatable bonds is 5. The van der Waals surface area contributed by atoms with Gasteiger partial charge in [-0.1, -0.05) is 12.1 Å². The van der Waals surface area contributed by atoms with Gasteiger partial charge in [0.05, 0.1) is 11.9 Å². The zero-order chi connectivity index (χ0) is 19.0. The van der Waals surface area contributed by atoms with E-state index in [1.165, 1.54) is 28.3 Å². The predicted molar refractivity (Wildman–Crippen MR) is 110 cm³/mol. The number of aromatic nitrogens is 2. The molecule has 4 aromatic rings. The topological polar surface area (TPSA) is 49.0 Å². The second-order valence-electron chi connectivity index (χ2n) is 6.55. The smallest absolute Gasteiger partial charge is 0.260 e. The average Bonchev–Trinajstić information content (AvgIpc) is 3.23. The van der Waals surface area contributed by atoms with Crippen molar-refractivity contribution < 1.29 is 4.39 Å². The van der Waals surface area contributed by atoms with E-state index in [9.17, 15) is 9.18 Å². The molecule has 0 spiro atoms. The fourth-order valence-electron chi connectivity index (χ4n) is 3.04. The molecule has 0 aliphatic rings. The Hall–Kier alpha value is -2.35. The van der Waals surface area contributed by atoms with E-state index in [-0.39, 0.29) is 11.4 Å². The number of hydrogen-bond acceptors (Lipinski definition) is 5. The molecule has 0 aliphatic carbocycles. The summed E-state index contributed by atoms with van der Waals surface area (Å²) in [6.45, 7) is 3.21. The van der Waals surface area contributed by atoms with Crippen molar-refractivity contribution in [3.63, 3.8) is 0 Å². The Morgan fingerprint density at radius 1 is 1.15 bits per heavy atom. The van der Waals surface area contributed by atoms with Gasteiger partial charge < -0.3 is 4.98 Å². The van der Waals surface area contributed by atoms with Crippen LogP contribution in [0.15, 0.2) is 46.6 Å². The third-order valence-corrected chi connectivity index (χ3v) is 6.19. The molecule has 0 saturated carbocycles. The van der Waals surface area contributed by atoms with Gasteiger partial charge >= 0.3 is 0 Å². The molecule has 3 heterocycles. The molecule has 1 N–H and O–H groups in total. The third-order valence-electron chi connectivity index (χ3n) is 4.28. The Labute approximate surface area is 163 Å². The lowest BCUT2D eigenvalue weighted by atomic mass is 10.2. The molecule has 0 aliphatic heterocycles. The highest BCUT2D eigenvalue weighted by Crippen LogP contribution is 2.34. The normalized spacial score (nSPS) is 11.6. The Kier molecular flexibility index (Phi) is 4.90. The highest BCUT2D eigenvalue weighted by Gasteiger charge is 2.15. The van der Waals surface area contributed by atoms with Crippen LogP contribution in [0.3, 0.4) is 0 Å². The van der Waals surface area contributed by atoms with Gasteiger partial charge in [0, 0.05) is 27.2 Å². The monoisotopic (exact) mass is 399 g/mol. The molecule has 0 amide bonds. The Morgan fingerprint density at radius 2 is 1.93 bits per heavy atom. The molecule has 0 saturated heterocycles. The number of H-pyrrole nitrogens is 1. The minimum Gasteiger partial charge on any atom is -0.309 e. The summed E-state index contributed by atoms with van der Waals surface area (Å²) in [5.74, 6) is 0.389. The molecule has 0 fully saturated rings. The summed E-state index contributed by atoms with van der Waals surface area (Å²) in [7, 11) is 1.95. The summed E-state index contributed by atoms with van der Waals surface area (Å²) >= 11 is 3.17. The highest BCUT2D eigenvalue weighted by molar-refractivity contribution is 7.19. The number of fused-ring (bicyclic) bond motifs is 1. The van der Waals surface area contributed by atoms with E-state index in [0.29, 0.717) is 24.3 Å². The van der Waals surface area contributed by atoms with Crippen molar-refractivity contribution in [3.05, 3.63) is 74.2 Å². The van der Waals surface area contributed by atoms with Crippen LogP contribution in [0.2, 0.25) is 0 Å². The van der Waals surface area contributed by atoms with Crippen molar-refractivity contribution in [2.75, 3.05) is 7.05 Å². The van der Waals surface area contributed by atoms with E-state index in [0.717, 1.165) is 20.8 Å². The summed E-state index contributed by atoms with van der Waals surface area (Å²) in [4.78, 5) is 25.4. The lowest BCUT2D eigenvalue weighted by Crippen LogP contribution is -2.21. The largest absolute Gasteiger partial charge is 0.309 e. The average molecular weight is 400 g/mol. The summed E-state index contributed by atoms with van der Waals surface area (Å²) in [5, 5.41) is 2.66. The van der Waals surface area contributed by atoms with Crippen molar-refractivity contribution >= 4 is 32.9 Å². The van der Waals surface area contributed by atoms with E-state index < -0.39 is 0 Å². The van der Waals surface area contributed by atoms with Gasteiger partial charge in [-0.05, 0) is 43.8 Å². The number of halogens is 1. The van der Waals surface area contributed by atoms with E-state index >= 15 is 0 Å². The SMILES string of the molecule is Cc1ccc(-c2csc3nc(CN(C)Cc4ccc(F)cc4)[nH]c(=O)c23)s1. The fourth-order valence-corrected chi connectivity index (χ4v) is 4.96. The van der Waals surface area contributed by atoms with Crippen molar-refractivity contribution in [3.8, 4) is 10.4 Å². The number of aryl methyl sites for hydroxylation is 1. The number of aromatic amines is 1. The van der Waals surface area contributed by atoms with Gasteiger partial charge in [-0.3, -0.25) is 9.69 Å². The van der Waals surface area contributed by atoms with Crippen LogP contribution in [0.25, 0.3) is 20.7 Å². The van der Waals surface area contributed by atoms with Crippen molar-refractivity contribution in [1.29, 1.82) is 0 Å². The molecule has 0 radical (unpaired) electrons. The van der Waals surface area contributed by atoms with Crippen LogP contribution < -0.4 is 5.56 Å². The van der Waals surface area contributed by atoms with E-state index in [4.69, 9.17) is 0 Å². The minimum absolute atomic E-state index is 0.104. The molecule has 27 heavy (non-hydrogen) atoms. The number of nitrogens with zero attached hydrogens (tertiary/aromatic N) is 2. The van der Waals surface area contributed by atoms with Crippen LogP contribution in [-0.2, 0) is 13.1 Å². The number of thiophene rings is 2. The second-order valence-corrected chi connectivity index (χ2v) is 8.70. The quantitative estimate of drug-likeness (QED) is 0.525. The maximum Gasteiger partial charge on any atom is 0.260 e. The lowest BCUT2D eigenvalue weighted by molar-refractivity contribution is 0.310. The summed E-state index contributed by atoms with van der Waals surface area (Å²) < 4.78 is 13.0. The third kappa shape index (κ3) is 3.85. The molecular weight excluding hydrogens is 381 g/mol. The Bertz CT molecular complexity index is 1140. The standard InChI is InChI=1S/C20H18FN3OS2/c1-12-3-8-16(27-12)15-11-26-20-18(15)19(25)22-17(23-20)10-24(2)9-13-4-6-14(21)7-5-13/h3-8,11H,9-10H2,1-2H3,(H,22,23,25). The van der Waals surface area contributed by atoms with Crippen LogP contribution in [-0.4, -0.2) is 21.9 Å². The van der Waals surface area contributed by atoms with Gasteiger partial charge in [-0.2, -0.15) is 0 Å². The Morgan fingerprint density at radius 3 is 2.63 bits per heavy atom. The van der Waals surface area contributed by atoms with Gasteiger partial charge in [-0.15, -0.1) is 22.7 Å². The predicted octanol–water partition coefficient (Wildman–Crippen LogP) is 4.79. The molecule has 1 aromatic carbocycles. The zero-order valence-electron chi connectivity index (χ0n) is 15.0. The summed E-state index contributed by atoms with van der Waals surface area (Å²) in [6, 6.07) is 10.5. The molecule has 7 heteroatoms. The molecule has 0 unspecified atom stereocenters. The summed E-state index contributed by atoms with van der Waals surface area (Å²) in [5.41, 5.74) is 1.86. The first kappa shape index (κ1) is 18.0.